The Bertz CT molecular complexity index is 3170. The number of nitrogens with zero attached hydrogens (tertiary/aromatic N) is 9. The van der Waals surface area contributed by atoms with Crippen molar-refractivity contribution in [1.29, 1.82) is 0 Å². The second kappa shape index (κ2) is 17.7. The molecule has 0 amide bonds. The number of benzene rings is 3. The lowest BCUT2D eigenvalue weighted by Gasteiger charge is -2.35. The summed E-state index contributed by atoms with van der Waals surface area (Å²) >= 11 is 14.4. The number of aromatic nitrogens is 5. The molecular formula is C46H49Cl2N13O4S. The van der Waals surface area contributed by atoms with Crippen molar-refractivity contribution in [2.45, 2.75) is 59.2 Å². The maximum atomic E-state index is 13.9. The zero-order valence-corrected chi connectivity index (χ0v) is 39.4. The van der Waals surface area contributed by atoms with E-state index in [9.17, 15) is 8.42 Å². The highest BCUT2D eigenvalue weighted by atomic mass is 35.5. The molecule has 20 heteroatoms. The number of halogens is 2. The molecule has 5 heterocycles. The maximum Gasteiger partial charge on any atom is 0.244 e. The van der Waals surface area contributed by atoms with Gasteiger partial charge in [0.2, 0.25) is 27.9 Å². The van der Waals surface area contributed by atoms with E-state index in [0.29, 0.717) is 62.6 Å². The minimum absolute atomic E-state index is 0.0694. The normalized spacial score (nSPS) is 17.6. The van der Waals surface area contributed by atoms with Gasteiger partial charge in [0.1, 0.15) is 28.0 Å². The van der Waals surface area contributed by atoms with Crippen LogP contribution in [0.15, 0.2) is 98.2 Å². The molecule has 17 nitrogen and oxygen atoms in total. The lowest BCUT2D eigenvalue weighted by Crippen LogP contribution is -2.37. The van der Waals surface area contributed by atoms with E-state index in [1.54, 1.807) is 4.57 Å². The highest BCUT2D eigenvalue weighted by Crippen LogP contribution is 2.51. The van der Waals surface area contributed by atoms with Crippen molar-refractivity contribution in [2.75, 3.05) is 55.4 Å². The van der Waals surface area contributed by atoms with Crippen LogP contribution in [-0.2, 0) is 27.2 Å². The number of rotatable bonds is 16. The average molecular weight is 951 g/mol. The molecule has 3 aromatic heterocycles. The van der Waals surface area contributed by atoms with Gasteiger partial charge in [-0.05, 0) is 43.3 Å². The number of anilines is 3. The number of hydrogen-bond acceptors (Lipinski definition) is 14. The Hall–Kier alpha value is -6.02. The van der Waals surface area contributed by atoms with E-state index in [1.165, 1.54) is 0 Å². The Labute approximate surface area is 391 Å². The monoisotopic (exact) mass is 949 g/mol. The van der Waals surface area contributed by atoms with Gasteiger partial charge < -0.3 is 23.9 Å². The van der Waals surface area contributed by atoms with E-state index in [0.717, 1.165) is 65.5 Å². The van der Waals surface area contributed by atoms with E-state index in [1.807, 2.05) is 92.3 Å². The summed E-state index contributed by atoms with van der Waals surface area (Å²) in [5.41, 5.74) is 12.7. The summed E-state index contributed by atoms with van der Waals surface area (Å²) in [7, 11) is -3.88. The van der Waals surface area contributed by atoms with Gasteiger partial charge in [0, 0.05) is 73.2 Å². The van der Waals surface area contributed by atoms with Gasteiger partial charge in [0.05, 0.1) is 27.3 Å². The summed E-state index contributed by atoms with van der Waals surface area (Å²) in [4.78, 5) is 23.7. The van der Waals surface area contributed by atoms with E-state index in [-0.39, 0.29) is 29.8 Å². The molecule has 0 fully saturated rings. The summed E-state index contributed by atoms with van der Waals surface area (Å²) < 4.78 is 48.1. The SMILES string of the molecule is CCN(CC)Nc1nc(NCCNS(=O)(=O)Cn2c3c(c4ccccc42)C2OC4=C(Cl)C5=Nc6ccc7c(c6OC5C(Cl)=C4N=C2C=C3)c2ccccc2n7CC)nc(NN(CC)CC)n1. The second-order valence-corrected chi connectivity index (χ2v) is 18.5. The van der Waals surface area contributed by atoms with Crippen LogP contribution in [-0.4, -0.2) is 99.3 Å². The highest BCUT2D eigenvalue weighted by Gasteiger charge is 2.44. The molecule has 2 atom stereocenters. The molecule has 2 aliphatic heterocycles. The van der Waals surface area contributed by atoms with Crippen LogP contribution in [0.25, 0.3) is 38.8 Å². The van der Waals surface area contributed by atoms with Crippen LogP contribution < -0.4 is 25.6 Å². The van der Waals surface area contributed by atoms with Gasteiger partial charge in [-0.15, -0.1) is 0 Å². The van der Waals surface area contributed by atoms with Gasteiger partial charge in [-0.2, -0.15) is 15.0 Å². The number of nitrogens with one attached hydrogen (secondary N) is 4. The summed E-state index contributed by atoms with van der Waals surface area (Å²) in [5.74, 6) is 1.58. The van der Waals surface area contributed by atoms with Crippen molar-refractivity contribution in [3.8, 4) is 5.75 Å². The van der Waals surface area contributed by atoms with Crippen LogP contribution in [0.5, 0.6) is 5.75 Å². The fourth-order valence-corrected chi connectivity index (χ4v) is 10.7. The zero-order chi connectivity index (χ0) is 45.9. The number of ether oxygens (including phenoxy) is 2. The molecule has 4 N–H and O–H groups in total. The lowest BCUT2D eigenvalue weighted by atomic mass is 9.93. The lowest BCUT2D eigenvalue weighted by molar-refractivity contribution is 0.169. The van der Waals surface area contributed by atoms with Gasteiger partial charge in [0.15, 0.2) is 23.7 Å². The van der Waals surface area contributed by atoms with Crippen LogP contribution >= 0.6 is 23.2 Å². The fraction of sp³-hybridized carbons (Fsp3) is 0.326. The Morgan fingerprint density at radius 2 is 1.36 bits per heavy atom. The highest BCUT2D eigenvalue weighted by molar-refractivity contribution is 7.88. The van der Waals surface area contributed by atoms with Gasteiger partial charge in [0.25, 0.3) is 0 Å². The average Bonchev–Trinajstić information content (AvgIpc) is 3.84. The predicted octanol–water partition coefficient (Wildman–Crippen LogP) is 8.27. The molecule has 10 rings (SSSR count). The Morgan fingerprint density at radius 3 is 2.05 bits per heavy atom. The molecule has 4 aliphatic rings. The molecule has 2 unspecified atom stereocenters. The zero-order valence-electron chi connectivity index (χ0n) is 37.1. The third-order valence-electron chi connectivity index (χ3n) is 12.2. The maximum absolute atomic E-state index is 13.9. The molecular weight excluding hydrogens is 902 g/mol. The molecule has 6 aromatic rings. The Kier molecular flexibility index (Phi) is 11.7. The largest absolute Gasteiger partial charge is 0.475 e. The van der Waals surface area contributed by atoms with E-state index in [4.69, 9.17) is 42.7 Å². The summed E-state index contributed by atoms with van der Waals surface area (Å²) in [6.07, 6.45) is 2.18. The van der Waals surface area contributed by atoms with Gasteiger partial charge >= 0.3 is 0 Å². The smallest absolute Gasteiger partial charge is 0.244 e. The van der Waals surface area contributed by atoms with Crippen LogP contribution in [0.2, 0.25) is 0 Å². The summed E-state index contributed by atoms with van der Waals surface area (Å²) in [5, 5.41) is 10.5. The van der Waals surface area contributed by atoms with Crippen LogP contribution in [0.4, 0.5) is 23.5 Å². The van der Waals surface area contributed by atoms with Crippen molar-refractivity contribution in [3.05, 3.63) is 99.5 Å². The first-order valence-corrected chi connectivity index (χ1v) is 24.6. The third kappa shape index (κ3) is 7.64. The Balaban J connectivity index is 0.908. The molecule has 0 spiro atoms. The number of hydrogen-bond donors (Lipinski definition) is 4. The Morgan fingerprint density at radius 1 is 0.712 bits per heavy atom. The predicted molar refractivity (Wildman–Crippen MR) is 263 cm³/mol. The minimum atomic E-state index is -3.88. The minimum Gasteiger partial charge on any atom is -0.475 e. The van der Waals surface area contributed by atoms with Crippen LogP contribution in [0.3, 0.4) is 0 Å². The molecule has 0 saturated carbocycles. The first-order valence-electron chi connectivity index (χ1n) is 22.2. The van der Waals surface area contributed by atoms with E-state index >= 15 is 0 Å². The topological polar surface area (TPSA) is 180 Å². The van der Waals surface area contributed by atoms with Crippen molar-refractivity contribution in [3.63, 3.8) is 0 Å². The fourth-order valence-electron chi connectivity index (χ4n) is 9.01. The van der Waals surface area contributed by atoms with Crippen molar-refractivity contribution in [2.24, 2.45) is 9.98 Å². The van der Waals surface area contributed by atoms with Crippen molar-refractivity contribution in [1.82, 2.24) is 38.8 Å². The standard InChI is InChI=1S/C46H49Cl2N13O4S/c1-6-58(7-2)56-45-53-44(54-46(55-45)57-59(8-3)9-4)49-23-24-50-66(62,63)25-61-31-18-14-12-16-27(31)35-33(61)22-20-29-41(35)65-43-37(48)38-42(36(47)39(43)52-29)64-40-28(51-38)19-21-32-34(40)26-15-11-13-17-30(26)60(32)10-5/h11-22,41-42,50H,6-10,23-25H2,1-5H3,(H3,49,53,54,55,56,57). The number of aryl methyl sites for hydroxylation is 1. The van der Waals surface area contributed by atoms with Crippen LogP contribution in [0, 0.1) is 0 Å². The van der Waals surface area contributed by atoms with Crippen molar-refractivity contribution >= 4 is 107 Å². The van der Waals surface area contributed by atoms with Crippen LogP contribution in [0.1, 0.15) is 52.0 Å². The second-order valence-electron chi connectivity index (χ2n) is 16.0. The van der Waals surface area contributed by atoms with E-state index in [2.05, 4.69) is 65.5 Å². The molecule has 3 aromatic carbocycles. The van der Waals surface area contributed by atoms with E-state index < -0.39 is 22.2 Å². The number of para-hydroxylation sites is 2. The molecule has 0 saturated heterocycles. The van der Waals surface area contributed by atoms with Gasteiger partial charge in [-0.25, -0.2) is 33.1 Å². The number of aliphatic imine (C=N–C) groups is 2. The summed E-state index contributed by atoms with van der Waals surface area (Å²) in [6, 6.07) is 19.9. The number of fused-ring (bicyclic) bond motifs is 12. The molecule has 0 bridgehead atoms. The molecule has 342 valence electrons. The molecule has 0 radical (unpaired) electrons. The van der Waals surface area contributed by atoms with Crippen molar-refractivity contribution < 1.29 is 17.9 Å². The molecule has 66 heavy (non-hydrogen) atoms. The first kappa shape index (κ1) is 43.9. The summed E-state index contributed by atoms with van der Waals surface area (Å²) in [6.45, 7) is 14.3. The van der Waals surface area contributed by atoms with Gasteiger partial charge in [-0.3, -0.25) is 10.9 Å². The van der Waals surface area contributed by atoms with Gasteiger partial charge in [-0.1, -0.05) is 87.3 Å². The third-order valence-corrected chi connectivity index (χ3v) is 14.2. The number of sulfonamides is 1. The molecule has 2 aliphatic carbocycles. The first-order chi connectivity index (χ1) is 32.0. The number of hydrazine groups is 2. The quantitative estimate of drug-likeness (QED) is 0.0540.